The van der Waals surface area contributed by atoms with Gasteiger partial charge in [-0.25, -0.2) is 4.99 Å². The van der Waals surface area contributed by atoms with Gasteiger partial charge in [0, 0.05) is 12.1 Å². The first-order valence-electron chi connectivity index (χ1n) is 7.12. The number of oxazole rings is 1. The average molecular weight is 300 g/mol. The van der Waals surface area contributed by atoms with Crippen LogP contribution in [0.15, 0.2) is 39.9 Å². The van der Waals surface area contributed by atoms with Gasteiger partial charge in [-0.2, -0.15) is 4.98 Å². The Morgan fingerprint density at radius 2 is 2.18 bits per heavy atom. The summed E-state index contributed by atoms with van der Waals surface area (Å²) in [5, 5.41) is 12.8. The lowest BCUT2D eigenvalue weighted by atomic mass is 10.1. The summed E-state index contributed by atoms with van der Waals surface area (Å²) in [6.45, 7) is 3.09. The highest BCUT2D eigenvalue weighted by atomic mass is 16.4. The monoisotopic (exact) mass is 300 g/mol. The predicted octanol–water partition coefficient (Wildman–Crippen LogP) is 2.70. The Hall–Kier alpha value is -2.83. The molecule has 0 amide bonds. The van der Waals surface area contributed by atoms with Crippen LogP contribution in [0.4, 0.5) is 11.7 Å². The molecule has 7 heteroatoms. The third-order valence-electron chi connectivity index (χ3n) is 2.89. The van der Waals surface area contributed by atoms with Gasteiger partial charge in [0.25, 0.3) is 0 Å². The van der Waals surface area contributed by atoms with E-state index in [1.165, 1.54) is 6.26 Å². The normalized spacial score (nSPS) is 10.8. The second-order valence-corrected chi connectivity index (χ2v) is 4.69. The van der Waals surface area contributed by atoms with Crippen LogP contribution in [0.5, 0.6) is 0 Å². The number of aliphatic imine (C=N–C) groups is 1. The molecule has 0 bridgehead atoms. The summed E-state index contributed by atoms with van der Waals surface area (Å²) in [6.07, 6.45) is 5.52. The summed E-state index contributed by atoms with van der Waals surface area (Å²) in [5.41, 5.74) is 7.65. The summed E-state index contributed by atoms with van der Waals surface area (Å²) in [7, 11) is 0. The van der Waals surface area contributed by atoms with Gasteiger partial charge in [0.05, 0.1) is 12.0 Å². The van der Waals surface area contributed by atoms with Gasteiger partial charge in [-0.05, 0) is 18.6 Å². The highest BCUT2D eigenvalue weighted by molar-refractivity contribution is 5.87. The van der Waals surface area contributed by atoms with Crippen LogP contribution in [-0.2, 0) is 0 Å². The Balaban J connectivity index is 1.96. The lowest BCUT2D eigenvalue weighted by Gasteiger charge is -1.99. The molecule has 0 saturated carbocycles. The number of rotatable bonds is 7. The molecule has 2 rings (SSSR count). The van der Waals surface area contributed by atoms with E-state index in [9.17, 15) is 0 Å². The van der Waals surface area contributed by atoms with Gasteiger partial charge in [0.15, 0.2) is 5.96 Å². The number of hydrogen-bond acceptors (Lipinski definition) is 4. The van der Waals surface area contributed by atoms with E-state index >= 15 is 0 Å². The number of anilines is 1. The topological polar surface area (TPSA) is 112 Å². The molecule has 0 saturated heterocycles. The van der Waals surface area contributed by atoms with Crippen LogP contribution < -0.4 is 16.4 Å². The molecule has 0 unspecified atom stereocenters. The summed E-state index contributed by atoms with van der Waals surface area (Å²) in [5.74, 6) is -0.214. The SMILES string of the molecule is CCCCN/C=N\c1ccc(-c2coc(NC(=N)N)n2)cc1. The van der Waals surface area contributed by atoms with Crippen LogP contribution in [0.3, 0.4) is 0 Å². The number of hydrogen-bond donors (Lipinski definition) is 4. The van der Waals surface area contributed by atoms with Crippen LogP contribution in [-0.4, -0.2) is 23.8 Å². The Bertz CT molecular complexity index is 632. The van der Waals surface area contributed by atoms with Crippen LogP contribution in [0.25, 0.3) is 11.3 Å². The smallest absolute Gasteiger partial charge is 0.301 e. The van der Waals surface area contributed by atoms with Gasteiger partial charge >= 0.3 is 6.01 Å². The first-order chi connectivity index (χ1) is 10.7. The third-order valence-corrected chi connectivity index (χ3v) is 2.89. The van der Waals surface area contributed by atoms with Crippen molar-refractivity contribution in [3.05, 3.63) is 30.5 Å². The molecule has 0 aliphatic heterocycles. The van der Waals surface area contributed by atoms with Crippen molar-refractivity contribution in [3.63, 3.8) is 0 Å². The Morgan fingerprint density at radius 3 is 2.86 bits per heavy atom. The molecular weight excluding hydrogens is 280 g/mol. The number of nitrogens with two attached hydrogens (primary N) is 1. The molecule has 22 heavy (non-hydrogen) atoms. The molecule has 1 heterocycles. The fourth-order valence-electron chi connectivity index (χ4n) is 1.76. The zero-order valence-electron chi connectivity index (χ0n) is 12.5. The van der Waals surface area contributed by atoms with Crippen molar-refractivity contribution in [3.8, 4) is 11.3 Å². The minimum atomic E-state index is -0.214. The predicted molar refractivity (Wildman–Crippen MR) is 88.5 cm³/mol. The Kier molecular flexibility index (Phi) is 5.53. The first-order valence-corrected chi connectivity index (χ1v) is 7.12. The molecule has 0 radical (unpaired) electrons. The molecule has 5 N–H and O–H groups in total. The lowest BCUT2D eigenvalue weighted by Crippen LogP contribution is -2.20. The summed E-state index contributed by atoms with van der Waals surface area (Å²) < 4.78 is 5.18. The third kappa shape index (κ3) is 4.62. The summed E-state index contributed by atoms with van der Waals surface area (Å²) in [6, 6.07) is 7.83. The van der Waals surface area contributed by atoms with Crippen molar-refractivity contribution in [2.45, 2.75) is 19.8 Å². The van der Waals surface area contributed by atoms with Crippen LogP contribution in [0.2, 0.25) is 0 Å². The average Bonchev–Trinajstić information content (AvgIpc) is 2.95. The number of unbranched alkanes of at least 4 members (excludes halogenated alkanes) is 1. The van der Waals surface area contributed by atoms with Gasteiger partial charge < -0.3 is 15.5 Å². The van der Waals surface area contributed by atoms with Gasteiger partial charge in [0.2, 0.25) is 0 Å². The second kappa shape index (κ2) is 7.82. The van der Waals surface area contributed by atoms with E-state index in [1.54, 1.807) is 6.34 Å². The van der Waals surface area contributed by atoms with E-state index in [2.05, 4.69) is 27.5 Å². The molecular formula is C15H20N6O. The van der Waals surface area contributed by atoms with Crippen molar-refractivity contribution in [2.24, 2.45) is 10.7 Å². The fourth-order valence-corrected chi connectivity index (χ4v) is 1.76. The minimum absolute atomic E-state index is 0.199. The number of benzene rings is 1. The van der Waals surface area contributed by atoms with Crippen molar-refractivity contribution >= 4 is 24.0 Å². The molecule has 0 aliphatic rings. The van der Waals surface area contributed by atoms with Crippen molar-refractivity contribution < 1.29 is 4.42 Å². The van der Waals surface area contributed by atoms with Gasteiger partial charge in [-0.1, -0.05) is 25.5 Å². The standard InChI is InChI=1S/C15H20N6O/c1-2-3-8-18-10-19-12-6-4-11(5-7-12)13-9-22-15(20-13)21-14(16)17/h4-7,9-10H,2-3,8H2,1H3,(H,18,19)(H4,16,17,20,21). The zero-order valence-corrected chi connectivity index (χ0v) is 12.5. The van der Waals surface area contributed by atoms with Gasteiger partial charge in [-0.3, -0.25) is 10.7 Å². The Morgan fingerprint density at radius 1 is 1.41 bits per heavy atom. The quantitative estimate of drug-likeness (QED) is 0.357. The Labute approximate surface area is 129 Å². The van der Waals surface area contributed by atoms with E-state index in [1.807, 2.05) is 24.3 Å². The van der Waals surface area contributed by atoms with Gasteiger partial charge in [0.1, 0.15) is 12.0 Å². The fraction of sp³-hybridized carbons (Fsp3) is 0.267. The highest BCUT2D eigenvalue weighted by Gasteiger charge is 2.06. The van der Waals surface area contributed by atoms with E-state index in [-0.39, 0.29) is 12.0 Å². The summed E-state index contributed by atoms with van der Waals surface area (Å²) in [4.78, 5) is 8.52. The molecule has 1 aromatic carbocycles. The maximum absolute atomic E-state index is 7.13. The molecule has 116 valence electrons. The number of nitrogens with one attached hydrogen (secondary N) is 3. The van der Waals surface area contributed by atoms with Crippen molar-refractivity contribution in [2.75, 3.05) is 11.9 Å². The number of guanidine groups is 1. The number of aromatic nitrogens is 1. The van der Waals surface area contributed by atoms with E-state index in [0.717, 1.165) is 30.6 Å². The van der Waals surface area contributed by atoms with Crippen LogP contribution in [0.1, 0.15) is 19.8 Å². The van der Waals surface area contributed by atoms with Crippen LogP contribution in [0, 0.1) is 5.41 Å². The first kappa shape index (κ1) is 15.6. The van der Waals surface area contributed by atoms with E-state index in [4.69, 9.17) is 15.6 Å². The molecule has 2 aromatic rings. The maximum atomic E-state index is 7.13. The molecule has 0 fully saturated rings. The minimum Gasteiger partial charge on any atom is -0.431 e. The molecule has 7 nitrogen and oxygen atoms in total. The summed E-state index contributed by atoms with van der Waals surface area (Å²) >= 11 is 0. The second-order valence-electron chi connectivity index (χ2n) is 4.69. The highest BCUT2D eigenvalue weighted by Crippen LogP contribution is 2.23. The molecule has 1 aromatic heterocycles. The molecule has 0 atom stereocenters. The molecule has 0 aliphatic carbocycles. The van der Waals surface area contributed by atoms with E-state index < -0.39 is 0 Å². The van der Waals surface area contributed by atoms with Gasteiger partial charge in [-0.15, -0.1) is 0 Å². The zero-order chi connectivity index (χ0) is 15.8. The van der Waals surface area contributed by atoms with Crippen molar-refractivity contribution in [1.82, 2.24) is 10.3 Å². The molecule has 0 spiro atoms. The van der Waals surface area contributed by atoms with Crippen molar-refractivity contribution in [1.29, 1.82) is 5.41 Å². The van der Waals surface area contributed by atoms with Crippen LogP contribution >= 0.6 is 0 Å². The lowest BCUT2D eigenvalue weighted by molar-refractivity contribution is 0.579. The largest absolute Gasteiger partial charge is 0.431 e. The van der Waals surface area contributed by atoms with E-state index in [0.29, 0.717) is 5.69 Å². The number of nitrogens with zero attached hydrogens (tertiary/aromatic N) is 2. The maximum Gasteiger partial charge on any atom is 0.301 e.